The standard InChI is InChI=1S/C18H37N3/c1-16(15-21-11-7-4-8-12-21)14-20-17(2)13-18-9-5-3-6-10-19-18/h16-20H,3-15H2,1-2H3. The fraction of sp³-hybridized carbons (Fsp3) is 1.00. The second-order valence-electron chi connectivity index (χ2n) is 7.51. The van der Waals surface area contributed by atoms with E-state index in [0.717, 1.165) is 12.0 Å². The van der Waals surface area contributed by atoms with Crippen molar-refractivity contribution in [2.45, 2.75) is 77.3 Å². The lowest BCUT2D eigenvalue weighted by Crippen LogP contribution is -2.41. The van der Waals surface area contributed by atoms with Gasteiger partial charge in [-0.15, -0.1) is 0 Å². The average Bonchev–Trinajstić information content (AvgIpc) is 2.75. The highest BCUT2D eigenvalue weighted by atomic mass is 15.1. The van der Waals surface area contributed by atoms with Crippen molar-refractivity contribution < 1.29 is 0 Å². The third-order valence-electron chi connectivity index (χ3n) is 5.13. The first-order chi connectivity index (χ1) is 10.2. The van der Waals surface area contributed by atoms with Gasteiger partial charge in [0.05, 0.1) is 0 Å². The molecule has 0 aromatic heterocycles. The molecule has 3 atom stereocenters. The van der Waals surface area contributed by atoms with Crippen LogP contribution in [0, 0.1) is 5.92 Å². The van der Waals surface area contributed by atoms with E-state index in [1.165, 1.54) is 84.1 Å². The molecule has 0 saturated carbocycles. The van der Waals surface area contributed by atoms with E-state index >= 15 is 0 Å². The van der Waals surface area contributed by atoms with Crippen molar-refractivity contribution in [2.24, 2.45) is 5.92 Å². The Labute approximate surface area is 132 Å². The van der Waals surface area contributed by atoms with Crippen molar-refractivity contribution in [1.29, 1.82) is 0 Å². The summed E-state index contributed by atoms with van der Waals surface area (Å²) in [6.07, 6.45) is 11.1. The minimum absolute atomic E-state index is 0.643. The largest absolute Gasteiger partial charge is 0.314 e. The van der Waals surface area contributed by atoms with E-state index in [2.05, 4.69) is 29.4 Å². The molecule has 0 spiro atoms. The summed E-state index contributed by atoms with van der Waals surface area (Å²) in [6, 6.07) is 1.39. The van der Waals surface area contributed by atoms with Gasteiger partial charge < -0.3 is 15.5 Å². The summed E-state index contributed by atoms with van der Waals surface area (Å²) in [4.78, 5) is 2.66. The fourth-order valence-electron chi connectivity index (χ4n) is 3.86. The lowest BCUT2D eigenvalue weighted by molar-refractivity contribution is 0.197. The van der Waals surface area contributed by atoms with Gasteiger partial charge in [-0.1, -0.05) is 26.2 Å². The van der Waals surface area contributed by atoms with Gasteiger partial charge in [0.15, 0.2) is 0 Å². The zero-order valence-electron chi connectivity index (χ0n) is 14.4. The minimum Gasteiger partial charge on any atom is -0.314 e. The molecule has 2 rings (SSSR count). The molecule has 21 heavy (non-hydrogen) atoms. The van der Waals surface area contributed by atoms with Crippen molar-refractivity contribution in [3.8, 4) is 0 Å². The predicted octanol–water partition coefficient (Wildman–Crippen LogP) is 3.01. The molecular weight excluding hydrogens is 258 g/mol. The van der Waals surface area contributed by atoms with Crippen LogP contribution in [-0.2, 0) is 0 Å². The Morgan fingerprint density at radius 3 is 2.62 bits per heavy atom. The number of nitrogens with one attached hydrogen (secondary N) is 2. The highest BCUT2D eigenvalue weighted by Gasteiger charge is 2.16. The lowest BCUT2D eigenvalue weighted by atomic mass is 10.0. The van der Waals surface area contributed by atoms with Gasteiger partial charge in [0.1, 0.15) is 0 Å². The average molecular weight is 296 g/mol. The van der Waals surface area contributed by atoms with Gasteiger partial charge in [-0.3, -0.25) is 0 Å². The molecule has 2 aliphatic rings. The van der Waals surface area contributed by atoms with Gasteiger partial charge in [-0.2, -0.15) is 0 Å². The fourth-order valence-corrected chi connectivity index (χ4v) is 3.86. The Balaban J connectivity index is 1.57. The molecule has 2 fully saturated rings. The van der Waals surface area contributed by atoms with Crippen LogP contribution in [0.25, 0.3) is 0 Å². The number of likely N-dealkylation sites (tertiary alicyclic amines) is 1. The van der Waals surface area contributed by atoms with Gasteiger partial charge in [0.25, 0.3) is 0 Å². The molecule has 124 valence electrons. The molecule has 3 unspecified atom stereocenters. The molecule has 2 N–H and O–H groups in total. The van der Waals surface area contributed by atoms with E-state index in [1.54, 1.807) is 0 Å². The summed E-state index contributed by atoms with van der Waals surface area (Å²) in [7, 11) is 0. The van der Waals surface area contributed by atoms with Crippen LogP contribution < -0.4 is 10.6 Å². The Kier molecular flexibility index (Phi) is 8.05. The first-order valence-electron chi connectivity index (χ1n) is 9.43. The van der Waals surface area contributed by atoms with Crippen LogP contribution in [0.1, 0.15) is 65.2 Å². The van der Waals surface area contributed by atoms with Gasteiger partial charge in [-0.05, 0) is 71.1 Å². The monoisotopic (exact) mass is 295 g/mol. The molecule has 3 heteroatoms. The van der Waals surface area contributed by atoms with E-state index in [1.807, 2.05) is 0 Å². The molecule has 3 nitrogen and oxygen atoms in total. The second kappa shape index (κ2) is 9.81. The summed E-state index contributed by atoms with van der Waals surface area (Å²) >= 11 is 0. The highest BCUT2D eigenvalue weighted by Crippen LogP contribution is 2.13. The Bertz CT molecular complexity index is 255. The maximum Gasteiger partial charge on any atom is 0.00817 e. The van der Waals surface area contributed by atoms with Gasteiger partial charge >= 0.3 is 0 Å². The molecule has 2 saturated heterocycles. The van der Waals surface area contributed by atoms with Gasteiger partial charge in [0, 0.05) is 18.6 Å². The molecule has 0 bridgehead atoms. The minimum atomic E-state index is 0.643. The number of rotatable bonds is 7. The first-order valence-corrected chi connectivity index (χ1v) is 9.43. The maximum absolute atomic E-state index is 3.77. The summed E-state index contributed by atoms with van der Waals surface area (Å²) in [6.45, 7) is 11.1. The van der Waals surface area contributed by atoms with Crippen LogP contribution in [0.15, 0.2) is 0 Å². The summed E-state index contributed by atoms with van der Waals surface area (Å²) in [5.74, 6) is 0.771. The zero-order valence-corrected chi connectivity index (χ0v) is 14.4. The molecule has 0 aromatic rings. The smallest absolute Gasteiger partial charge is 0.00817 e. The number of hydrogen-bond acceptors (Lipinski definition) is 3. The molecule has 0 aliphatic carbocycles. The van der Waals surface area contributed by atoms with Crippen molar-refractivity contribution in [3.63, 3.8) is 0 Å². The van der Waals surface area contributed by atoms with Gasteiger partial charge in [0.2, 0.25) is 0 Å². The lowest BCUT2D eigenvalue weighted by Gasteiger charge is -2.30. The van der Waals surface area contributed by atoms with E-state index in [4.69, 9.17) is 0 Å². The predicted molar refractivity (Wildman–Crippen MR) is 91.8 cm³/mol. The topological polar surface area (TPSA) is 27.3 Å². The quantitative estimate of drug-likeness (QED) is 0.756. The summed E-state index contributed by atoms with van der Waals surface area (Å²) in [5, 5.41) is 7.49. The number of piperidine rings is 1. The number of hydrogen-bond donors (Lipinski definition) is 2. The van der Waals surface area contributed by atoms with Crippen LogP contribution in [0.5, 0.6) is 0 Å². The molecule has 2 aliphatic heterocycles. The van der Waals surface area contributed by atoms with Crippen molar-refractivity contribution in [1.82, 2.24) is 15.5 Å². The SMILES string of the molecule is CC(CNC(C)CC1CCCCCN1)CN1CCCCC1. The Hall–Kier alpha value is -0.120. The molecule has 0 aromatic carbocycles. The number of nitrogens with zero attached hydrogens (tertiary/aromatic N) is 1. The van der Waals surface area contributed by atoms with E-state index in [-0.39, 0.29) is 0 Å². The van der Waals surface area contributed by atoms with Crippen LogP contribution in [0.2, 0.25) is 0 Å². The molecule has 2 heterocycles. The van der Waals surface area contributed by atoms with E-state index < -0.39 is 0 Å². The van der Waals surface area contributed by atoms with E-state index in [0.29, 0.717) is 6.04 Å². The third kappa shape index (κ3) is 7.12. The zero-order chi connectivity index (χ0) is 14.9. The van der Waals surface area contributed by atoms with Crippen molar-refractivity contribution >= 4 is 0 Å². The van der Waals surface area contributed by atoms with Crippen LogP contribution in [-0.4, -0.2) is 49.7 Å². The maximum atomic E-state index is 3.77. The van der Waals surface area contributed by atoms with Crippen LogP contribution in [0.4, 0.5) is 0 Å². The molecular formula is C18H37N3. The van der Waals surface area contributed by atoms with Gasteiger partial charge in [-0.25, -0.2) is 0 Å². The summed E-state index contributed by atoms with van der Waals surface area (Å²) < 4.78 is 0. The van der Waals surface area contributed by atoms with Crippen molar-refractivity contribution in [2.75, 3.05) is 32.7 Å². The van der Waals surface area contributed by atoms with Crippen LogP contribution in [0.3, 0.4) is 0 Å². The Morgan fingerprint density at radius 2 is 1.81 bits per heavy atom. The molecule has 0 radical (unpaired) electrons. The normalized spacial score (nSPS) is 28.0. The van der Waals surface area contributed by atoms with Crippen molar-refractivity contribution in [3.05, 3.63) is 0 Å². The molecule has 0 amide bonds. The Morgan fingerprint density at radius 1 is 1.05 bits per heavy atom. The second-order valence-corrected chi connectivity index (χ2v) is 7.51. The van der Waals surface area contributed by atoms with Crippen LogP contribution >= 0.6 is 0 Å². The third-order valence-corrected chi connectivity index (χ3v) is 5.13. The summed E-state index contributed by atoms with van der Waals surface area (Å²) in [5.41, 5.74) is 0. The first kappa shape index (κ1) is 17.2. The van der Waals surface area contributed by atoms with E-state index in [9.17, 15) is 0 Å². The highest BCUT2D eigenvalue weighted by molar-refractivity contribution is 4.77.